The zero-order chi connectivity index (χ0) is 15.8. The summed E-state index contributed by atoms with van der Waals surface area (Å²) in [6, 6.07) is 1.15. The van der Waals surface area contributed by atoms with Gasteiger partial charge in [0.1, 0.15) is 5.82 Å². The second kappa shape index (κ2) is 5.48. The lowest BCUT2D eigenvalue weighted by Gasteiger charge is -2.11. The van der Waals surface area contributed by atoms with Crippen LogP contribution in [0.15, 0.2) is 18.3 Å². The molecule has 0 atom stereocenters. The number of halogens is 5. The van der Waals surface area contributed by atoms with Crippen molar-refractivity contribution in [2.75, 3.05) is 6.61 Å². The maximum absolute atomic E-state index is 13.6. The number of carbonyl (C=O) groups excluding carboxylic acids is 1. The summed E-state index contributed by atoms with van der Waals surface area (Å²) >= 11 is 5.92. The molecule has 0 saturated carbocycles. The Balaban J connectivity index is 2.65. The fourth-order valence-corrected chi connectivity index (χ4v) is 2.03. The molecule has 3 nitrogen and oxygen atoms in total. The Hall–Kier alpha value is -1.89. The average molecular weight is 322 g/mol. The van der Waals surface area contributed by atoms with Gasteiger partial charge in [0.25, 0.3) is 0 Å². The number of hydrogen-bond donors (Lipinski definition) is 0. The maximum atomic E-state index is 13.6. The second-order valence-corrected chi connectivity index (χ2v) is 4.43. The normalized spacial score (nSPS) is 11.7. The van der Waals surface area contributed by atoms with E-state index in [1.165, 1.54) is 0 Å². The molecule has 0 saturated heterocycles. The summed E-state index contributed by atoms with van der Waals surface area (Å²) in [5.41, 5.74) is -1.74. The molecule has 0 aliphatic heterocycles. The second-order valence-electron chi connectivity index (χ2n) is 4.05. The van der Waals surface area contributed by atoms with Gasteiger partial charge in [-0.15, -0.1) is 0 Å². The molecule has 0 bridgehead atoms. The van der Waals surface area contributed by atoms with Crippen LogP contribution >= 0.6 is 11.6 Å². The lowest BCUT2D eigenvalue weighted by atomic mass is 10.1. The number of aromatic nitrogens is 1. The molecule has 0 aliphatic rings. The summed E-state index contributed by atoms with van der Waals surface area (Å²) in [4.78, 5) is 15.3. The van der Waals surface area contributed by atoms with Gasteiger partial charge in [0.15, 0.2) is 0 Å². The van der Waals surface area contributed by atoms with Crippen LogP contribution in [-0.4, -0.2) is 17.6 Å². The maximum Gasteiger partial charge on any atom is 0.419 e. The van der Waals surface area contributed by atoms with E-state index in [0.717, 1.165) is 6.20 Å². The molecule has 0 aliphatic carbocycles. The van der Waals surface area contributed by atoms with E-state index in [1.807, 2.05) is 0 Å². The molecule has 8 heteroatoms. The number of ether oxygens (including phenoxy) is 1. The van der Waals surface area contributed by atoms with E-state index in [1.54, 1.807) is 6.92 Å². The zero-order valence-electron chi connectivity index (χ0n) is 10.6. The molecular formula is C13H8ClF4NO2. The third-order valence-corrected chi connectivity index (χ3v) is 3.10. The first-order chi connectivity index (χ1) is 9.75. The Labute approximate surface area is 121 Å². The number of hydrogen-bond acceptors (Lipinski definition) is 3. The first-order valence-electron chi connectivity index (χ1n) is 5.77. The average Bonchev–Trinajstić information content (AvgIpc) is 2.38. The van der Waals surface area contributed by atoms with Crippen LogP contribution in [0, 0.1) is 5.82 Å². The first-order valence-corrected chi connectivity index (χ1v) is 6.15. The van der Waals surface area contributed by atoms with Crippen LogP contribution in [0.4, 0.5) is 17.6 Å². The van der Waals surface area contributed by atoms with Crippen LogP contribution in [0.5, 0.6) is 0 Å². The van der Waals surface area contributed by atoms with Crippen molar-refractivity contribution in [3.63, 3.8) is 0 Å². The van der Waals surface area contributed by atoms with E-state index >= 15 is 0 Å². The lowest BCUT2D eigenvalue weighted by molar-refractivity contribution is -0.139. The van der Waals surface area contributed by atoms with Gasteiger partial charge in [-0.3, -0.25) is 4.98 Å². The van der Waals surface area contributed by atoms with Crippen molar-refractivity contribution in [2.24, 2.45) is 0 Å². The van der Waals surface area contributed by atoms with E-state index in [2.05, 4.69) is 4.98 Å². The SMILES string of the molecule is CCOC(=O)c1cnc2cc(C(F)(F)F)c(F)cc2c1Cl. The van der Waals surface area contributed by atoms with Crippen LogP contribution in [0.3, 0.4) is 0 Å². The summed E-state index contributed by atoms with van der Waals surface area (Å²) in [5, 5.41) is -0.293. The molecule has 0 N–H and O–H groups in total. The molecule has 1 aromatic carbocycles. The van der Waals surface area contributed by atoms with Gasteiger partial charge in [-0.25, -0.2) is 9.18 Å². The van der Waals surface area contributed by atoms with E-state index in [4.69, 9.17) is 16.3 Å². The molecule has 0 radical (unpaired) electrons. The molecule has 0 fully saturated rings. The van der Waals surface area contributed by atoms with Crippen molar-refractivity contribution in [1.29, 1.82) is 0 Å². The Morgan fingerprint density at radius 1 is 1.38 bits per heavy atom. The third kappa shape index (κ3) is 2.92. The largest absolute Gasteiger partial charge is 0.462 e. The van der Waals surface area contributed by atoms with Crippen LogP contribution < -0.4 is 0 Å². The third-order valence-electron chi connectivity index (χ3n) is 2.69. The highest BCUT2D eigenvalue weighted by molar-refractivity contribution is 6.38. The smallest absolute Gasteiger partial charge is 0.419 e. The van der Waals surface area contributed by atoms with Gasteiger partial charge in [0.2, 0.25) is 0 Å². The number of rotatable bonds is 2. The number of fused-ring (bicyclic) bond motifs is 1. The molecule has 1 aromatic heterocycles. The van der Waals surface area contributed by atoms with Crippen LogP contribution in [0.1, 0.15) is 22.8 Å². The number of esters is 1. The number of alkyl halides is 3. The van der Waals surface area contributed by atoms with E-state index in [0.29, 0.717) is 12.1 Å². The molecule has 112 valence electrons. The summed E-state index contributed by atoms with van der Waals surface area (Å²) < 4.78 is 56.1. The Bertz CT molecular complexity index is 715. The number of carbonyl (C=O) groups is 1. The number of pyridine rings is 1. The fraction of sp³-hybridized carbons (Fsp3) is 0.231. The Morgan fingerprint density at radius 3 is 2.62 bits per heavy atom. The predicted octanol–water partition coefficient (Wildman–Crippen LogP) is 4.22. The van der Waals surface area contributed by atoms with Crippen molar-refractivity contribution in [1.82, 2.24) is 4.98 Å². The van der Waals surface area contributed by atoms with Gasteiger partial charge < -0.3 is 4.74 Å². The van der Waals surface area contributed by atoms with E-state index in [-0.39, 0.29) is 28.1 Å². The summed E-state index contributed by atoms with van der Waals surface area (Å²) in [6.07, 6.45) is -3.84. The summed E-state index contributed by atoms with van der Waals surface area (Å²) in [7, 11) is 0. The molecule has 2 rings (SSSR count). The van der Waals surface area contributed by atoms with Gasteiger partial charge in [0, 0.05) is 11.6 Å². The quantitative estimate of drug-likeness (QED) is 0.614. The topological polar surface area (TPSA) is 39.2 Å². The van der Waals surface area contributed by atoms with Gasteiger partial charge in [-0.05, 0) is 19.1 Å². The highest BCUT2D eigenvalue weighted by atomic mass is 35.5. The molecular weight excluding hydrogens is 314 g/mol. The van der Waals surface area contributed by atoms with Crippen LogP contribution in [-0.2, 0) is 10.9 Å². The van der Waals surface area contributed by atoms with Gasteiger partial charge in [-0.1, -0.05) is 11.6 Å². The molecule has 0 unspecified atom stereocenters. The summed E-state index contributed by atoms with van der Waals surface area (Å²) in [5.74, 6) is -2.27. The van der Waals surface area contributed by atoms with Gasteiger partial charge >= 0.3 is 12.1 Å². The lowest BCUT2D eigenvalue weighted by Crippen LogP contribution is -2.09. The van der Waals surface area contributed by atoms with Crippen molar-refractivity contribution in [3.8, 4) is 0 Å². The molecule has 0 amide bonds. The number of benzene rings is 1. The van der Waals surface area contributed by atoms with Gasteiger partial charge in [0.05, 0.1) is 28.3 Å². The highest BCUT2D eigenvalue weighted by Crippen LogP contribution is 2.35. The minimum atomic E-state index is -4.84. The molecule has 1 heterocycles. The highest BCUT2D eigenvalue weighted by Gasteiger charge is 2.34. The molecule has 21 heavy (non-hydrogen) atoms. The van der Waals surface area contributed by atoms with Crippen molar-refractivity contribution in [3.05, 3.63) is 40.3 Å². The Morgan fingerprint density at radius 2 is 2.05 bits per heavy atom. The van der Waals surface area contributed by atoms with E-state index in [9.17, 15) is 22.4 Å². The Kier molecular flexibility index (Phi) is 4.04. The fourth-order valence-electron chi connectivity index (χ4n) is 1.75. The predicted molar refractivity (Wildman–Crippen MR) is 67.7 cm³/mol. The standard InChI is InChI=1S/C13H8ClF4NO2/c1-2-21-12(20)7-5-19-10-4-8(13(16,17)18)9(15)3-6(10)11(7)14/h3-5H,2H2,1H3. The van der Waals surface area contributed by atoms with Gasteiger partial charge in [-0.2, -0.15) is 13.2 Å². The number of nitrogens with zero attached hydrogens (tertiary/aromatic N) is 1. The zero-order valence-corrected chi connectivity index (χ0v) is 11.3. The van der Waals surface area contributed by atoms with E-state index < -0.39 is 23.5 Å². The molecule has 0 spiro atoms. The van der Waals surface area contributed by atoms with Crippen molar-refractivity contribution < 1.29 is 27.1 Å². The monoisotopic (exact) mass is 321 g/mol. The first kappa shape index (κ1) is 15.5. The van der Waals surface area contributed by atoms with Crippen LogP contribution in [0.25, 0.3) is 10.9 Å². The van der Waals surface area contributed by atoms with Crippen LogP contribution in [0.2, 0.25) is 5.02 Å². The van der Waals surface area contributed by atoms with Crippen molar-refractivity contribution >= 4 is 28.5 Å². The minimum absolute atomic E-state index is 0.0901. The molecule has 2 aromatic rings. The minimum Gasteiger partial charge on any atom is -0.462 e. The summed E-state index contributed by atoms with van der Waals surface area (Å²) in [6.45, 7) is 1.67. The van der Waals surface area contributed by atoms with Crippen molar-refractivity contribution in [2.45, 2.75) is 13.1 Å².